The van der Waals surface area contributed by atoms with Crippen molar-refractivity contribution in [3.63, 3.8) is 0 Å². The van der Waals surface area contributed by atoms with Crippen molar-refractivity contribution < 1.29 is 22.6 Å². The van der Waals surface area contributed by atoms with E-state index in [4.69, 9.17) is 15.2 Å². The van der Waals surface area contributed by atoms with E-state index in [-0.39, 0.29) is 30.9 Å². The normalized spacial score (nSPS) is 22.5. The van der Waals surface area contributed by atoms with Crippen LogP contribution in [-0.2, 0) is 10.9 Å². The first-order valence-electron chi connectivity index (χ1n) is 9.54. The Morgan fingerprint density at radius 3 is 2.83 bits per heavy atom. The second-order valence-corrected chi connectivity index (χ2v) is 7.49. The summed E-state index contributed by atoms with van der Waals surface area (Å²) in [6.45, 7) is 2.78. The van der Waals surface area contributed by atoms with Crippen molar-refractivity contribution >= 4 is 11.8 Å². The molecule has 3 heterocycles. The third-order valence-corrected chi connectivity index (χ3v) is 5.41. The lowest BCUT2D eigenvalue weighted by atomic mass is 9.93. The summed E-state index contributed by atoms with van der Waals surface area (Å²) in [5.74, 6) is -0.0470. The van der Waals surface area contributed by atoms with Gasteiger partial charge in [-0.25, -0.2) is 4.98 Å². The van der Waals surface area contributed by atoms with Gasteiger partial charge >= 0.3 is 6.18 Å². The van der Waals surface area contributed by atoms with Gasteiger partial charge in [0.1, 0.15) is 17.1 Å². The number of halogens is 3. The summed E-state index contributed by atoms with van der Waals surface area (Å²) in [6, 6.07) is 0.0340. The molecule has 3 N–H and O–H groups in total. The summed E-state index contributed by atoms with van der Waals surface area (Å²) in [5.41, 5.74) is 5.31. The van der Waals surface area contributed by atoms with Crippen molar-refractivity contribution in [3.05, 3.63) is 23.7 Å². The molecule has 0 spiro atoms. The van der Waals surface area contributed by atoms with Crippen LogP contribution in [0.3, 0.4) is 0 Å². The molecule has 0 aromatic carbocycles. The van der Waals surface area contributed by atoms with Crippen LogP contribution in [-0.4, -0.2) is 45.6 Å². The van der Waals surface area contributed by atoms with E-state index >= 15 is 0 Å². The minimum Gasteiger partial charge on any atom is -0.490 e. The molecule has 1 aliphatic heterocycles. The van der Waals surface area contributed by atoms with Crippen molar-refractivity contribution in [1.29, 1.82) is 0 Å². The van der Waals surface area contributed by atoms with Crippen molar-refractivity contribution in [1.82, 2.24) is 19.7 Å². The number of nitrogen functional groups attached to an aromatic ring is 1. The van der Waals surface area contributed by atoms with Crippen molar-refractivity contribution in [2.24, 2.45) is 5.92 Å². The maximum atomic E-state index is 13.2. The number of aromatic nitrogens is 4. The average molecular weight is 412 g/mol. The molecule has 2 aliphatic rings. The minimum atomic E-state index is -4.59. The van der Waals surface area contributed by atoms with Crippen LogP contribution in [0.2, 0.25) is 0 Å². The van der Waals surface area contributed by atoms with E-state index in [0.29, 0.717) is 24.6 Å². The Hall–Kier alpha value is -2.56. The van der Waals surface area contributed by atoms with Gasteiger partial charge < -0.3 is 20.5 Å². The van der Waals surface area contributed by atoms with Gasteiger partial charge in [-0.2, -0.15) is 23.3 Å². The van der Waals surface area contributed by atoms with E-state index in [1.54, 1.807) is 0 Å². The van der Waals surface area contributed by atoms with Gasteiger partial charge in [0.25, 0.3) is 0 Å². The van der Waals surface area contributed by atoms with Gasteiger partial charge in [-0.05, 0) is 26.2 Å². The maximum absolute atomic E-state index is 13.2. The first-order valence-corrected chi connectivity index (χ1v) is 9.54. The van der Waals surface area contributed by atoms with Crippen LogP contribution in [0.1, 0.15) is 36.6 Å². The molecule has 4 rings (SSSR count). The third kappa shape index (κ3) is 4.24. The monoisotopic (exact) mass is 412 g/mol. The molecule has 2 aromatic rings. The highest BCUT2D eigenvalue weighted by atomic mass is 19.4. The second kappa shape index (κ2) is 7.69. The van der Waals surface area contributed by atoms with Crippen molar-refractivity contribution in [2.45, 2.75) is 44.4 Å². The molecule has 158 valence electrons. The fourth-order valence-electron chi connectivity index (χ4n) is 3.45. The van der Waals surface area contributed by atoms with Crippen LogP contribution in [0.15, 0.2) is 12.4 Å². The highest BCUT2D eigenvalue weighted by Crippen LogP contribution is 2.35. The summed E-state index contributed by atoms with van der Waals surface area (Å²) in [7, 11) is 0. The molecule has 0 amide bonds. The Balaban J connectivity index is 1.42. The van der Waals surface area contributed by atoms with Gasteiger partial charge in [0.15, 0.2) is 5.75 Å². The Morgan fingerprint density at radius 2 is 2.14 bits per heavy atom. The highest BCUT2D eigenvalue weighted by Gasteiger charge is 2.37. The number of ether oxygens (including phenoxy) is 2. The number of nitrogens with one attached hydrogen (secondary N) is 1. The third-order valence-electron chi connectivity index (χ3n) is 5.41. The quantitative estimate of drug-likeness (QED) is 0.753. The molecule has 1 saturated carbocycles. The van der Waals surface area contributed by atoms with E-state index in [0.717, 1.165) is 18.5 Å². The molecule has 0 unspecified atom stereocenters. The number of anilines is 2. The summed E-state index contributed by atoms with van der Waals surface area (Å²) < 4.78 is 53.1. The first-order chi connectivity index (χ1) is 13.8. The van der Waals surface area contributed by atoms with Crippen LogP contribution < -0.4 is 15.8 Å². The highest BCUT2D eigenvalue weighted by molar-refractivity contribution is 5.48. The number of nitrogens with two attached hydrogens (primary N) is 1. The zero-order valence-electron chi connectivity index (χ0n) is 15.9. The molecule has 1 aliphatic carbocycles. The fourth-order valence-corrected chi connectivity index (χ4v) is 3.45. The number of hydrogen-bond donors (Lipinski definition) is 2. The van der Waals surface area contributed by atoms with E-state index in [9.17, 15) is 13.2 Å². The number of aryl methyl sites for hydroxylation is 1. The van der Waals surface area contributed by atoms with E-state index < -0.39 is 17.8 Å². The second-order valence-electron chi connectivity index (χ2n) is 7.49. The van der Waals surface area contributed by atoms with Gasteiger partial charge in [-0.3, -0.25) is 4.68 Å². The van der Waals surface area contributed by atoms with E-state index in [2.05, 4.69) is 20.4 Å². The first kappa shape index (κ1) is 19.7. The van der Waals surface area contributed by atoms with E-state index in [1.165, 1.54) is 6.42 Å². The Kier molecular flexibility index (Phi) is 5.24. The molecule has 2 aromatic heterocycles. The molecular weight excluding hydrogens is 389 g/mol. The smallest absolute Gasteiger partial charge is 0.421 e. The molecule has 1 saturated heterocycles. The van der Waals surface area contributed by atoms with Crippen LogP contribution >= 0.6 is 0 Å². The SMILES string of the molecule is Cc1nn(C2CCC2)cc1OC[C@@H]1COC[C@H]1Nc1nc(N)ncc1C(F)(F)F. The Morgan fingerprint density at radius 1 is 1.34 bits per heavy atom. The lowest BCUT2D eigenvalue weighted by molar-refractivity contribution is -0.137. The van der Waals surface area contributed by atoms with Crippen LogP contribution in [0.4, 0.5) is 24.9 Å². The summed E-state index contributed by atoms with van der Waals surface area (Å²) >= 11 is 0. The standard InChI is InChI=1S/C18H23F3N6O2/c1-10-15(6-27(26-10)12-3-2-4-12)29-8-11-7-28-9-14(11)24-16-13(18(19,20)21)5-23-17(22)25-16/h5-6,11-12,14H,2-4,7-9H2,1H3,(H3,22,23,24,25)/t11-,14+/m0/s1. The molecule has 0 radical (unpaired) electrons. The molecule has 29 heavy (non-hydrogen) atoms. The van der Waals surface area contributed by atoms with Crippen LogP contribution in [0.5, 0.6) is 5.75 Å². The van der Waals surface area contributed by atoms with Gasteiger partial charge in [-0.15, -0.1) is 0 Å². The zero-order valence-corrected chi connectivity index (χ0v) is 15.9. The molecular formula is C18H23F3N6O2. The van der Waals surface area contributed by atoms with Crippen molar-refractivity contribution in [3.8, 4) is 5.75 Å². The Bertz CT molecular complexity index is 868. The lowest BCUT2D eigenvalue weighted by Gasteiger charge is -2.25. The fraction of sp³-hybridized carbons (Fsp3) is 0.611. The molecule has 0 bridgehead atoms. The zero-order chi connectivity index (χ0) is 20.6. The van der Waals surface area contributed by atoms with Gasteiger partial charge in [-0.1, -0.05) is 0 Å². The van der Waals surface area contributed by atoms with Gasteiger partial charge in [0.05, 0.1) is 38.1 Å². The molecule has 8 nitrogen and oxygen atoms in total. The molecule has 2 atom stereocenters. The molecule has 11 heteroatoms. The number of hydrogen-bond acceptors (Lipinski definition) is 7. The summed E-state index contributed by atoms with van der Waals surface area (Å²) in [4.78, 5) is 7.19. The maximum Gasteiger partial charge on any atom is 0.421 e. The summed E-state index contributed by atoms with van der Waals surface area (Å²) in [5, 5.41) is 7.32. The topological polar surface area (TPSA) is 100 Å². The minimum absolute atomic E-state index is 0.154. The number of alkyl halides is 3. The van der Waals surface area contributed by atoms with Crippen LogP contribution in [0, 0.1) is 12.8 Å². The van der Waals surface area contributed by atoms with Crippen molar-refractivity contribution in [2.75, 3.05) is 30.9 Å². The lowest BCUT2D eigenvalue weighted by Crippen LogP contribution is -2.33. The van der Waals surface area contributed by atoms with E-state index in [1.807, 2.05) is 17.8 Å². The predicted octanol–water partition coefficient (Wildman–Crippen LogP) is 2.81. The van der Waals surface area contributed by atoms with Gasteiger partial charge in [0.2, 0.25) is 5.95 Å². The van der Waals surface area contributed by atoms with Gasteiger partial charge in [0, 0.05) is 12.1 Å². The number of nitrogens with zero attached hydrogens (tertiary/aromatic N) is 4. The Labute approximate surface area is 165 Å². The largest absolute Gasteiger partial charge is 0.490 e. The average Bonchev–Trinajstić information content (AvgIpc) is 3.17. The summed E-state index contributed by atoms with van der Waals surface area (Å²) in [6.07, 6.45) is 1.43. The number of rotatable bonds is 6. The molecule has 2 fully saturated rings. The predicted molar refractivity (Wildman–Crippen MR) is 98.5 cm³/mol. The van der Waals surface area contributed by atoms with Crippen LogP contribution in [0.25, 0.3) is 0 Å².